The highest BCUT2D eigenvalue weighted by molar-refractivity contribution is 7.89. The molecule has 0 saturated heterocycles. The Bertz CT molecular complexity index is 809. The summed E-state index contributed by atoms with van der Waals surface area (Å²) < 4.78 is 35.8. The van der Waals surface area contributed by atoms with Crippen LogP contribution >= 0.6 is 11.6 Å². The molecule has 0 bridgehead atoms. The van der Waals surface area contributed by atoms with E-state index in [2.05, 4.69) is 5.32 Å². The standard InChI is InChI=1S/C13H10ClFN2O3S/c14-9-3-1-2-8(6-9)13(18)17-10-4-5-12(11(15)7-10)21(16,19)20/h1-7H,(H,17,18)(H2,16,19,20). The van der Waals surface area contributed by atoms with Gasteiger partial charge in [-0.2, -0.15) is 0 Å². The monoisotopic (exact) mass is 328 g/mol. The minimum absolute atomic E-state index is 0.102. The number of nitrogens with two attached hydrogens (primary N) is 1. The van der Waals surface area contributed by atoms with Crippen LogP contribution in [0.5, 0.6) is 0 Å². The van der Waals surface area contributed by atoms with Gasteiger partial charge in [-0.05, 0) is 36.4 Å². The first-order valence-corrected chi connectivity index (χ1v) is 7.59. The summed E-state index contributed by atoms with van der Waals surface area (Å²) in [6.45, 7) is 0. The number of halogens is 2. The van der Waals surface area contributed by atoms with E-state index in [9.17, 15) is 17.6 Å². The van der Waals surface area contributed by atoms with Crippen molar-refractivity contribution in [1.29, 1.82) is 0 Å². The molecule has 0 aliphatic carbocycles. The van der Waals surface area contributed by atoms with Crippen molar-refractivity contribution in [3.63, 3.8) is 0 Å². The molecule has 0 aromatic heterocycles. The highest BCUT2D eigenvalue weighted by Crippen LogP contribution is 2.19. The molecule has 0 atom stereocenters. The van der Waals surface area contributed by atoms with Crippen LogP contribution in [0.1, 0.15) is 10.4 Å². The third-order valence-corrected chi connectivity index (χ3v) is 3.76. The number of sulfonamides is 1. The Balaban J connectivity index is 2.25. The fraction of sp³-hybridized carbons (Fsp3) is 0. The number of carbonyl (C=O) groups is 1. The Kier molecular flexibility index (Phi) is 4.26. The Morgan fingerprint density at radius 1 is 1.19 bits per heavy atom. The number of anilines is 1. The first-order chi connectivity index (χ1) is 9.77. The molecule has 0 saturated carbocycles. The van der Waals surface area contributed by atoms with Crippen molar-refractivity contribution in [3.8, 4) is 0 Å². The quantitative estimate of drug-likeness (QED) is 0.906. The fourth-order valence-electron chi connectivity index (χ4n) is 1.64. The van der Waals surface area contributed by atoms with Crippen molar-refractivity contribution < 1.29 is 17.6 Å². The minimum atomic E-state index is -4.14. The molecule has 0 aliphatic heterocycles. The molecular formula is C13H10ClFN2O3S. The summed E-state index contributed by atoms with van der Waals surface area (Å²) in [5, 5.41) is 7.67. The second-order valence-corrected chi connectivity index (χ2v) is 6.12. The summed E-state index contributed by atoms with van der Waals surface area (Å²) in [4.78, 5) is 11.3. The van der Waals surface area contributed by atoms with Crippen molar-refractivity contribution in [1.82, 2.24) is 0 Å². The molecule has 2 aromatic carbocycles. The lowest BCUT2D eigenvalue weighted by Gasteiger charge is -2.07. The zero-order valence-corrected chi connectivity index (χ0v) is 12.1. The van der Waals surface area contributed by atoms with Crippen LogP contribution in [0, 0.1) is 5.82 Å². The van der Waals surface area contributed by atoms with Crippen LogP contribution in [0.25, 0.3) is 0 Å². The van der Waals surface area contributed by atoms with Crippen molar-refractivity contribution in [2.24, 2.45) is 5.14 Å². The molecule has 0 fully saturated rings. The van der Waals surface area contributed by atoms with Gasteiger partial charge >= 0.3 is 0 Å². The van der Waals surface area contributed by atoms with Crippen LogP contribution in [-0.4, -0.2) is 14.3 Å². The number of rotatable bonds is 3. The van der Waals surface area contributed by atoms with Gasteiger partial charge in [-0.25, -0.2) is 17.9 Å². The first-order valence-electron chi connectivity index (χ1n) is 5.66. The largest absolute Gasteiger partial charge is 0.322 e. The third kappa shape index (κ3) is 3.78. The van der Waals surface area contributed by atoms with Gasteiger partial charge in [0.2, 0.25) is 10.0 Å². The van der Waals surface area contributed by atoms with Gasteiger partial charge in [0, 0.05) is 16.3 Å². The summed E-state index contributed by atoms with van der Waals surface area (Å²) in [6, 6.07) is 9.30. The van der Waals surface area contributed by atoms with Crippen LogP contribution < -0.4 is 10.5 Å². The molecule has 8 heteroatoms. The maximum atomic E-state index is 13.6. The molecule has 21 heavy (non-hydrogen) atoms. The number of carbonyl (C=O) groups excluding carboxylic acids is 1. The Hall–Kier alpha value is -1.96. The molecule has 0 radical (unpaired) electrons. The van der Waals surface area contributed by atoms with E-state index < -0.39 is 26.6 Å². The van der Waals surface area contributed by atoms with Crippen molar-refractivity contribution in [2.45, 2.75) is 4.90 Å². The second-order valence-electron chi connectivity index (χ2n) is 4.15. The Labute approximate surface area is 125 Å². The topological polar surface area (TPSA) is 89.3 Å². The molecule has 0 unspecified atom stereocenters. The Morgan fingerprint density at radius 3 is 2.48 bits per heavy atom. The van der Waals surface area contributed by atoms with Gasteiger partial charge in [0.25, 0.3) is 5.91 Å². The number of primary sulfonamides is 1. The zero-order valence-electron chi connectivity index (χ0n) is 10.5. The summed E-state index contributed by atoms with van der Waals surface area (Å²) in [5.41, 5.74) is 0.392. The number of nitrogens with one attached hydrogen (secondary N) is 1. The van der Waals surface area contributed by atoms with Gasteiger partial charge < -0.3 is 5.32 Å². The summed E-state index contributed by atoms with van der Waals surface area (Å²) in [5.74, 6) is -1.54. The van der Waals surface area contributed by atoms with E-state index in [1.807, 2.05) is 0 Å². The fourth-order valence-corrected chi connectivity index (χ4v) is 2.42. The van der Waals surface area contributed by atoms with E-state index in [1.165, 1.54) is 18.2 Å². The highest BCUT2D eigenvalue weighted by Gasteiger charge is 2.15. The summed E-state index contributed by atoms with van der Waals surface area (Å²) in [7, 11) is -4.14. The molecule has 1 amide bonds. The summed E-state index contributed by atoms with van der Waals surface area (Å²) >= 11 is 5.77. The Morgan fingerprint density at radius 2 is 1.90 bits per heavy atom. The lowest BCUT2D eigenvalue weighted by atomic mass is 10.2. The van der Waals surface area contributed by atoms with Crippen LogP contribution in [0.2, 0.25) is 5.02 Å². The van der Waals surface area contributed by atoms with E-state index in [0.29, 0.717) is 10.6 Å². The van der Waals surface area contributed by atoms with Crippen LogP contribution in [-0.2, 0) is 10.0 Å². The van der Waals surface area contributed by atoms with E-state index in [0.717, 1.165) is 12.1 Å². The van der Waals surface area contributed by atoms with Gasteiger partial charge in [-0.15, -0.1) is 0 Å². The molecule has 2 rings (SSSR count). The van der Waals surface area contributed by atoms with Crippen LogP contribution in [0.15, 0.2) is 47.4 Å². The molecule has 0 aliphatic rings. The van der Waals surface area contributed by atoms with Crippen LogP contribution in [0.3, 0.4) is 0 Å². The van der Waals surface area contributed by atoms with E-state index >= 15 is 0 Å². The van der Waals surface area contributed by atoms with Crippen LogP contribution in [0.4, 0.5) is 10.1 Å². The molecule has 0 heterocycles. The van der Waals surface area contributed by atoms with Crippen molar-refractivity contribution >= 4 is 33.2 Å². The maximum absolute atomic E-state index is 13.6. The van der Waals surface area contributed by atoms with E-state index in [1.54, 1.807) is 12.1 Å². The zero-order chi connectivity index (χ0) is 15.6. The molecule has 0 spiro atoms. The predicted molar refractivity (Wildman–Crippen MR) is 77.2 cm³/mol. The van der Waals surface area contributed by atoms with Gasteiger partial charge in [-0.1, -0.05) is 17.7 Å². The van der Waals surface area contributed by atoms with E-state index in [-0.39, 0.29) is 5.69 Å². The molecular weight excluding hydrogens is 319 g/mol. The smallest absolute Gasteiger partial charge is 0.255 e. The lowest BCUT2D eigenvalue weighted by molar-refractivity contribution is 0.102. The van der Waals surface area contributed by atoms with E-state index in [4.69, 9.17) is 16.7 Å². The number of hydrogen-bond donors (Lipinski definition) is 2. The normalized spacial score (nSPS) is 11.2. The second kappa shape index (κ2) is 5.80. The predicted octanol–water partition coefficient (Wildman–Crippen LogP) is 2.38. The molecule has 2 aromatic rings. The average molecular weight is 329 g/mol. The number of hydrogen-bond acceptors (Lipinski definition) is 3. The third-order valence-electron chi connectivity index (χ3n) is 2.58. The average Bonchev–Trinajstić information content (AvgIpc) is 2.37. The number of amides is 1. The lowest BCUT2D eigenvalue weighted by Crippen LogP contribution is -2.15. The van der Waals surface area contributed by atoms with Gasteiger partial charge in [0.05, 0.1) is 0 Å². The van der Waals surface area contributed by atoms with Crippen molar-refractivity contribution in [2.75, 3.05) is 5.32 Å². The molecule has 5 nitrogen and oxygen atoms in total. The van der Waals surface area contributed by atoms with Gasteiger partial charge in [-0.3, -0.25) is 4.79 Å². The molecule has 3 N–H and O–H groups in total. The maximum Gasteiger partial charge on any atom is 0.255 e. The van der Waals surface area contributed by atoms with Gasteiger partial charge in [0.1, 0.15) is 10.7 Å². The van der Waals surface area contributed by atoms with Gasteiger partial charge in [0.15, 0.2) is 0 Å². The SMILES string of the molecule is NS(=O)(=O)c1ccc(NC(=O)c2cccc(Cl)c2)cc1F. The highest BCUT2D eigenvalue weighted by atomic mass is 35.5. The van der Waals surface area contributed by atoms with Crippen molar-refractivity contribution in [3.05, 3.63) is 58.9 Å². The first kappa shape index (κ1) is 15.4. The number of benzene rings is 2. The molecule has 110 valence electrons. The summed E-state index contributed by atoms with van der Waals surface area (Å²) in [6.07, 6.45) is 0. The minimum Gasteiger partial charge on any atom is -0.322 e.